The van der Waals surface area contributed by atoms with Gasteiger partial charge in [-0.05, 0) is 116 Å². The first kappa shape index (κ1) is 24.1. The van der Waals surface area contributed by atoms with Gasteiger partial charge in [-0.15, -0.1) is 0 Å². The van der Waals surface area contributed by atoms with Crippen LogP contribution in [0.2, 0.25) is 13.1 Å². The summed E-state index contributed by atoms with van der Waals surface area (Å²) in [7, 11) is 2.92. The van der Waals surface area contributed by atoms with E-state index >= 15 is 0 Å². The molecule has 23 heavy (non-hydrogen) atoms. The standard InChI is InChI=1S/C12H19NSi.C8H8.Zr/c1-13(2)14(3,4)12-10-8-6-5-7-9-11-12;1-2-4-6-8-7-5-3-1;/h5-11H,1-4H3;1-8H;/q;;+4. The smallest absolute Gasteiger partial charge is 0.329 e. The summed E-state index contributed by atoms with van der Waals surface area (Å²) in [5.41, 5.74) is 1.46. The zero-order chi connectivity index (χ0) is 16.3. The van der Waals surface area contributed by atoms with Gasteiger partial charge in [0, 0.05) is 0 Å². The second-order valence-corrected chi connectivity index (χ2v) is 10.3. The Balaban J connectivity index is 0.000000460. The van der Waals surface area contributed by atoms with Crippen molar-refractivity contribution >= 4 is 8.24 Å². The SMILES string of the molecule is CN(C)[Si](C)(C)[C]1[CH][CH][CH][CH][CH][CH][CH]1.[CH]1[CH][CH][CH][CH][CH][CH][CH]1.[Zr+4]. The van der Waals surface area contributed by atoms with Crippen LogP contribution in [0.5, 0.6) is 0 Å². The van der Waals surface area contributed by atoms with Gasteiger partial charge < -0.3 is 4.57 Å². The third kappa shape index (κ3) is 10.6. The van der Waals surface area contributed by atoms with Crippen LogP contribution in [0.4, 0.5) is 0 Å². The van der Waals surface area contributed by atoms with Crippen LogP contribution in [0.15, 0.2) is 0 Å². The summed E-state index contributed by atoms with van der Waals surface area (Å²) in [6.45, 7) is 4.73. The van der Waals surface area contributed by atoms with E-state index in [2.05, 4.69) is 70.3 Å². The van der Waals surface area contributed by atoms with Gasteiger partial charge in [0.2, 0.25) is 0 Å². The molecule has 0 amide bonds. The van der Waals surface area contributed by atoms with Crippen LogP contribution in [0.1, 0.15) is 0 Å². The first-order chi connectivity index (χ1) is 10.5. The molecule has 0 unspecified atom stereocenters. The molecule has 0 saturated heterocycles. The summed E-state index contributed by atoms with van der Waals surface area (Å²) in [4.78, 5) is 0. The zero-order valence-corrected chi connectivity index (χ0v) is 18.1. The Morgan fingerprint density at radius 1 is 0.565 bits per heavy atom. The van der Waals surface area contributed by atoms with E-state index in [9.17, 15) is 0 Å². The third-order valence-corrected chi connectivity index (χ3v) is 7.69. The fourth-order valence-electron chi connectivity index (χ4n) is 1.75. The fourth-order valence-corrected chi connectivity index (χ4v) is 3.27. The van der Waals surface area contributed by atoms with Crippen molar-refractivity contribution in [2.24, 2.45) is 0 Å². The van der Waals surface area contributed by atoms with Crippen LogP contribution < -0.4 is 0 Å². The van der Waals surface area contributed by atoms with Gasteiger partial charge in [0.15, 0.2) is 0 Å². The maximum Gasteiger partial charge on any atom is 4.00 e. The summed E-state index contributed by atoms with van der Waals surface area (Å²) < 4.78 is 2.36. The second kappa shape index (κ2) is 14.3. The minimum atomic E-state index is -1.41. The summed E-state index contributed by atoms with van der Waals surface area (Å²) in [5, 5.41) is 0. The molecular weight excluding hydrogens is 374 g/mol. The largest absolute Gasteiger partial charge is 4.00 e. The van der Waals surface area contributed by atoms with E-state index in [1.54, 1.807) is 0 Å². The Morgan fingerprint density at radius 2 is 0.826 bits per heavy atom. The molecule has 2 rings (SSSR count). The molecule has 2 aliphatic carbocycles. The van der Waals surface area contributed by atoms with Gasteiger partial charge >= 0.3 is 26.2 Å². The van der Waals surface area contributed by atoms with E-state index in [0.29, 0.717) is 0 Å². The van der Waals surface area contributed by atoms with Crippen LogP contribution in [-0.4, -0.2) is 26.9 Å². The van der Waals surface area contributed by atoms with E-state index < -0.39 is 8.24 Å². The molecule has 3 heteroatoms. The Hall–Kier alpha value is 1.06. The summed E-state index contributed by atoms with van der Waals surface area (Å²) in [5.74, 6) is 0. The molecular formula is C20H27NSiZr+4. The molecule has 116 valence electrons. The van der Waals surface area contributed by atoms with Crippen LogP contribution >= 0.6 is 0 Å². The predicted molar refractivity (Wildman–Crippen MR) is 98.9 cm³/mol. The molecule has 16 radical (unpaired) electrons. The van der Waals surface area contributed by atoms with Crippen molar-refractivity contribution in [2.45, 2.75) is 13.1 Å². The molecule has 2 saturated carbocycles. The minimum absolute atomic E-state index is 0. The fraction of sp³-hybridized carbons (Fsp3) is 0.200. The normalized spacial score (nSPS) is 21.8. The van der Waals surface area contributed by atoms with Crippen molar-refractivity contribution in [3.8, 4) is 0 Å². The maximum atomic E-state index is 2.36. The van der Waals surface area contributed by atoms with E-state index in [-0.39, 0.29) is 26.2 Å². The number of rotatable bonds is 2. The first-order valence-electron chi connectivity index (χ1n) is 7.61. The van der Waals surface area contributed by atoms with Crippen LogP contribution in [0.25, 0.3) is 0 Å². The number of nitrogens with zero attached hydrogens (tertiary/aromatic N) is 1. The van der Waals surface area contributed by atoms with E-state index in [0.717, 1.165) is 0 Å². The van der Waals surface area contributed by atoms with Crippen LogP contribution in [-0.2, 0) is 26.2 Å². The van der Waals surface area contributed by atoms with Crippen molar-refractivity contribution < 1.29 is 26.2 Å². The molecule has 0 aromatic heterocycles. The predicted octanol–water partition coefficient (Wildman–Crippen LogP) is 3.94. The van der Waals surface area contributed by atoms with Gasteiger partial charge in [0.05, 0.1) is 0 Å². The maximum absolute atomic E-state index is 2.36. The molecule has 2 aliphatic rings. The topological polar surface area (TPSA) is 3.24 Å². The molecule has 2 fully saturated rings. The van der Waals surface area contributed by atoms with Gasteiger partial charge in [-0.1, -0.05) is 13.1 Å². The number of hydrogen-bond acceptors (Lipinski definition) is 1. The summed E-state index contributed by atoms with van der Waals surface area (Å²) in [6, 6.07) is 0. The van der Waals surface area contributed by atoms with Crippen molar-refractivity contribution in [2.75, 3.05) is 14.1 Å². The minimum Gasteiger partial charge on any atom is -0.329 e. The van der Waals surface area contributed by atoms with Gasteiger partial charge in [-0.2, -0.15) is 0 Å². The van der Waals surface area contributed by atoms with Gasteiger partial charge in [0.1, 0.15) is 8.24 Å². The van der Waals surface area contributed by atoms with Crippen LogP contribution in [0.3, 0.4) is 0 Å². The van der Waals surface area contributed by atoms with E-state index in [4.69, 9.17) is 0 Å². The van der Waals surface area contributed by atoms with Crippen molar-refractivity contribution in [1.82, 2.24) is 4.57 Å². The molecule has 1 nitrogen and oxygen atoms in total. The molecule has 0 spiro atoms. The Bertz CT molecular complexity index is 236. The number of hydrogen-bond donors (Lipinski definition) is 0. The second-order valence-electron chi connectivity index (χ2n) is 5.74. The van der Waals surface area contributed by atoms with Crippen molar-refractivity contribution in [3.05, 3.63) is 102 Å². The first-order valence-corrected chi connectivity index (χ1v) is 10.6. The summed E-state index contributed by atoms with van der Waals surface area (Å²) in [6.07, 6.45) is 30.9. The third-order valence-electron chi connectivity index (χ3n) is 3.71. The molecule has 0 bridgehead atoms. The van der Waals surface area contributed by atoms with E-state index in [1.807, 2.05) is 57.8 Å². The van der Waals surface area contributed by atoms with Crippen molar-refractivity contribution in [1.29, 1.82) is 0 Å². The Morgan fingerprint density at radius 3 is 1.09 bits per heavy atom. The molecule has 0 atom stereocenters. The molecule has 0 aliphatic heterocycles. The van der Waals surface area contributed by atoms with Gasteiger partial charge in [-0.3, -0.25) is 0 Å². The van der Waals surface area contributed by atoms with Crippen LogP contribution in [0, 0.1) is 102 Å². The summed E-state index contributed by atoms with van der Waals surface area (Å²) >= 11 is 0. The van der Waals surface area contributed by atoms with Crippen molar-refractivity contribution in [3.63, 3.8) is 0 Å². The van der Waals surface area contributed by atoms with E-state index in [1.165, 1.54) is 5.54 Å². The van der Waals surface area contributed by atoms with Gasteiger partial charge in [-0.25, -0.2) is 0 Å². The van der Waals surface area contributed by atoms with Gasteiger partial charge in [0.25, 0.3) is 0 Å². The zero-order valence-electron chi connectivity index (χ0n) is 14.6. The average Bonchev–Trinajstić information content (AvgIpc) is 2.37. The monoisotopic (exact) mass is 399 g/mol. The Kier molecular flexibility index (Phi) is 14.9. The molecule has 0 aromatic carbocycles. The molecule has 0 aromatic rings. The molecule has 0 N–H and O–H groups in total. The Labute approximate surface area is 167 Å². The molecule has 0 heterocycles. The average molecular weight is 401 g/mol. The quantitative estimate of drug-likeness (QED) is 0.635.